The van der Waals surface area contributed by atoms with Gasteiger partial charge in [0.2, 0.25) is 15.9 Å². The van der Waals surface area contributed by atoms with Crippen molar-refractivity contribution in [3.63, 3.8) is 0 Å². The number of amides is 1. The van der Waals surface area contributed by atoms with Crippen LogP contribution in [0.15, 0.2) is 24.3 Å². The Hall–Kier alpha value is -1.60. The van der Waals surface area contributed by atoms with E-state index in [0.29, 0.717) is 26.2 Å². The minimum atomic E-state index is -3.22. The molecular weight excluding hydrogens is 352 g/mol. The van der Waals surface area contributed by atoms with Crippen LogP contribution in [0.25, 0.3) is 0 Å². The Labute approximate surface area is 157 Å². The lowest BCUT2D eigenvalue weighted by Gasteiger charge is -2.30. The summed E-state index contributed by atoms with van der Waals surface area (Å²) in [5.41, 5.74) is 1.14. The highest BCUT2D eigenvalue weighted by Crippen LogP contribution is 2.21. The fourth-order valence-electron chi connectivity index (χ4n) is 3.23. The average molecular weight is 383 g/mol. The van der Waals surface area contributed by atoms with E-state index in [0.717, 1.165) is 37.0 Å². The Morgan fingerprint density at radius 3 is 2.81 bits per heavy atom. The second-order valence-corrected chi connectivity index (χ2v) is 8.79. The summed E-state index contributed by atoms with van der Waals surface area (Å²) in [6.07, 6.45) is 3.13. The second kappa shape index (κ2) is 9.92. The highest BCUT2D eigenvalue weighted by Gasteiger charge is 2.31. The largest absolute Gasteiger partial charge is 0.494 e. The van der Waals surface area contributed by atoms with Crippen molar-refractivity contribution >= 4 is 15.9 Å². The lowest BCUT2D eigenvalue weighted by molar-refractivity contribution is -0.126. The summed E-state index contributed by atoms with van der Waals surface area (Å²) >= 11 is 0. The Balaban J connectivity index is 1.78. The van der Waals surface area contributed by atoms with E-state index >= 15 is 0 Å². The third-order valence-electron chi connectivity index (χ3n) is 4.71. The zero-order valence-corrected chi connectivity index (χ0v) is 16.6. The number of para-hydroxylation sites is 1. The van der Waals surface area contributed by atoms with Gasteiger partial charge in [0.15, 0.2) is 0 Å². The predicted octanol–water partition coefficient (Wildman–Crippen LogP) is 2.20. The third kappa shape index (κ3) is 5.71. The Bertz CT molecular complexity index is 691. The first-order valence-electron chi connectivity index (χ1n) is 9.44. The molecule has 1 aliphatic heterocycles. The molecule has 0 aliphatic carbocycles. The molecule has 1 N–H and O–H groups in total. The molecule has 1 aromatic rings. The number of hydrogen-bond acceptors (Lipinski definition) is 4. The molecule has 0 spiro atoms. The Morgan fingerprint density at radius 2 is 2.08 bits per heavy atom. The number of aryl methyl sites for hydroxylation is 1. The average Bonchev–Trinajstić information content (AvgIpc) is 2.66. The number of carbonyl (C=O) groups excluding carboxylic acids is 1. The van der Waals surface area contributed by atoms with Gasteiger partial charge in [0.25, 0.3) is 0 Å². The van der Waals surface area contributed by atoms with Crippen LogP contribution in [0.1, 0.15) is 38.7 Å². The number of carbonyl (C=O) groups is 1. The summed E-state index contributed by atoms with van der Waals surface area (Å²) in [4.78, 5) is 12.4. The Kier molecular flexibility index (Phi) is 7.90. The van der Waals surface area contributed by atoms with Gasteiger partial charge in [-0.15, -0.1) is 0 Å². The molecule has 0 saturated carbocycles. The van der Waals surface area contributed by atoms with Gasteiger partial charge in [0.05, 0.1) is 18.3 Å². The molecule has 26 heavy (non-hydrogen) atoms. The number of ether oxygens (including phenoxy) is 1. The molecule has 1 amide bonds. The van der Waals surface area contributed by atoms with E-state index in [-0.39, 0.29) is 17.6 Å². The van der Waals surface area contributed by atoms with E-state index in [1.807, 2.05) is 31.2 Å². The molecule has 0 unspecified atom stereocenters. The van der Waals surface area contributed by atoms with Crippen LogP contribution in [0.5, 0.6) is 5.75 Å². The van der Waals surface area contributed by atoms with Crippen molar-refractivity contribution < 1.29 is 17.9 Å². The van der Waals surface area contributed by atoms with Crippen LogP contribution >= 0.6 is 0 Å². The van der Waals surface area contributed by atoms with Gasteiger partial charge in [-0.1, -0.05) is 18.2 Å². The van der Waals surface area contributed by atoms with E-state index < -0.39 is 10.0 Å². The van der Waals surface area contributed by atoms with Gasteiger partial charge < -0.3 is 10.1 Å². The summed E-state index contributed by atoms with van der Waals surface area (Å²) < 4.78 is 31.1. The van der Waals surface area contributed by atoms with Crippen molar-refractivity contribution in [1.29, 1.82) is 0 Å². The van der Waals surface area contributed by atoms with Crippen LogP contribution in [-0.2, 0) is 21.2 Å². The van der Waals surface area contributed by atoms with Crippen molar-refractivity contribution in [2.75, 3.05) is 32.0 Å². The highest BCUT2D eigenvalue weighted by molar-refractivity contribution is 7.89. The molecule has 0 radical (unpaired) electrons. The minimum Gasteiger partial charge on any atom is -0.494 e. The van der Waals surface area contributed by atoms with Gasteiger partial charge in [-0.25, -0.2) is 12.7 Å². The first kappa shape index (κ1) is 20.7. The van der Waals surface area contributed by atoms with Gasteiger partial charge in [0.1, 0.15) is 5.75 Å². The summed E-state index contributed by atoms with van der Waals surface area (Å²) in [6.45, 7) is 5.63. The Morgan fingerprint density at radius 1 is 1.31 bits per heavy atom. The maximum Gasteiger partial charge on any atom is 0.224 e. The van der Waals surface area contributed by atoms with Gasteiger partial charge in [0, 0.05) is 19.6 Å². The molecule has 0 bridgehead atoms. The maximum atomic E-state index is 12.4. The fraction of sp³-hybridized carbons (Fsp3) is 0.632. The van der Waals surface area contributed by atoms with Crippen molar-refractivity contribution in [2.45, 2.75) is 39.5 Å². The molecule has 1 fully saturated rings. The van der Waals surface area contributed by atoms with E-state index in [2.05, 4.69) is 5.32 Å². The lowest BCUT2D eigenvalue weighted by atomic mass is 9.99. The maximum absolute atomic E-state index is 12.4. The van der Waals surface area contributed by atoms with Crippen molar-refractivity contribution in [2.24, 2.45) is 5.92 Å². The number of piperidine rings is 1. The van der Waals surface area contributed by atoms with Crippen LogP contribution in [0.3, 0.4) is 0 Å². The number of nitrogens with one attached hydrogen (secondary N) is 1. The number of nitrogens with zero attached hydrogens (tertiary/aromatic N) is 1. The number of rotatable bonds is 9. The SMILES string of the molecule is CCOc1ccccc1CCCNC(=O)[C@@H]1CCCN(S(=O)(=O)CC)C1. The van der Waals surface area contributed by atoms with Crippen LogP contribution in [0, 0.1) is 5.92 Å². The third-order valence-corrected chi connectivity index (χ3v) is 6.56. The minimum absolute atomic E-state index is 0.0425. The van der Waals surface area contributed by atoms with Crippen molar-refractivity contribution in [3.8, 4) is 5.75 Å². The van der Waals surface area contributed by atoms with Gasteiger partial charge in [-0.3, -0.25) is 4.79 Å². The van der Waals surface area contributed by atoms with E-state index in [1.54, 1.807) is 6.92 Å². The predicted molar refractivity (Wildman–Crippen MR) is 103 cm³/mol. The summed E-state index contributed by atoms with van der Waals surface area (Å²) in [7, 11) is -3.22. The summed E-state index contributed by atoms with van der Waals surface area (Å²) in [5.74, 6) is 0.689. The zero-order chi connectivity index (χ0) is 19.0. The summed E-state index contributed by atoms with van der Waals surface area (Å²) in [5, 5.41) is 2.96. The quantitative estimate of drug-likeness (QED) is 0.665. The van der Waals surface area contributed by atoms with Gasteiger partial charge >= 0.3 is 0 Å². The standard InChI is InChI=1S/C19H30N2O4S/c1-3-25-18-12-6-5-9-16(18)10-7-13-20-19(22)17-11-8-14-21(15-17)26(23,24)4-2/h5-6,9,12,17H,3-4,7-8,10-11,13-15H2,1-2H3,(H,20,22)/t17-/m1/s1. The molecule has 1 aliphatic rings. The van der Waals surface area contributed by atoms with Gasteiger partial charge in [-0.05, 0) is 51.2 Å². The zero-order valence-electron chi connectivity index (χ0n) is 15.7. The molecule has 1 heterocycles. The molecule has 146 valence electrons. The van der Waals surface area contributed by atoms with Crippen LogP contribution in [-0.4, -0.2) is 50.6 Å². The monoisotopic (exact) mass is 382 g/mol. The molecule has 0 aromatic heterocycles. The number of benzene rings is 1. The fourth-order valence-corrected chi connectivity index (χ4v) is 4.41. The van der Waals surface area contributed by atoms with E-state index in [4.69, 9.17) is 4.74 Å². The first-order chi connectivity index (χ1) is 12.5. The van der Waals surface area contributed by atoms with Crippen LogP contribution in [0.2, 0.25) is 0 Å². The summed E-state index contributed by atoms with van der Waals surface area (Å²) in [6, 6.07) is 7.94. The van der Waals surface area contributed by atoms with Crippen molar-refractivity contribution in [3.05, 3.63) is 29.8 Å². The van der Waals surface area contributed by atoms with E-state index in [1.165, 1.54) is 4.31 Å². The molecule has 2 rings (SSSR count). The molecule has 1 saturated heterocycles. The molecule has 7 heteroatoms. The molecular formula is C19H30N2O4S. The topological polar surface area (TPSA) is 75.7 Å². The smallest absolute Gasteiger partial charge is 0.224 e. The van der Waals surface area contributed by atoms with Crippen molar-refractivity contribution in [1.82, 2.24) is 9.62 Å². The van der Waals surface area contributed by atoms with Crippen LogP contribution in [0.4, 0.5) is 0 Å². The number of hydrogen-bond donors (Lipinski definition) is 1. The number of sulfonamides is 1. The second-order valence-electron chi connectivity index (χ2n) is 6.53. The first-order valence-corrected chi connectivity index (χ1v) is 11.0. The molecule has 1 atom stereocenters. The molecule has 1 aromatic carbocycles. The highest BCUT2D eigenvalue weighted by atomic mass is 32.2. The lowest BCUT2D eigenvalue weighted by Crippen LogP contribution is -2.46. The normalized spacial score (nSPS) is 18.5. The van der Waals surface area contributed by atoms with Gasteiger partial charge in [-0.2, -0.15) is 0 Å². The van der Waals surface area contributed by atoms with Crippen LogP contribution < -0.4 is 10.1 Å². The molecule has 6 nitrogen and oxygen atoms in total. The van der Waals surface area contributed by atoms with E-state index in [9.17, 15) is 13.2 Å².